The number of likely N-dealkylation sites (N-methyl/N-ethyl adjacent to an activating group) is 1. The maximum atomic E-state index is 12.5. The second-order valence-corrected chi connectivity index (χ2v) is 7.25. The second-order valence-electron chi connectivity index (χ2n) is 5.96. The highest BCUT2D eigenvalue weighted by Gasteiger charge is 2.16. The first-order valence-electron chi connectivity index (χ1n) is 8.32. The van der Waals surface area contributed by atoms with Crippen molar-refractivity contribution in [2.45, 2.75) is 13.0 Å². The Bertz CT molecular complexity index is 971. The summed E-state index contributed by atoms with van der Waals surface area (Å²) in [6, 6.07) is 8.47. The van der Waals surface area contributed by atoms with Crippen molar-refractivity contribution in [3.8, 4) is 5.75 Å². The Morgan fingerprint density at radius 2 is 2.18 bits per heavy atom. The minimum absolute atomic E-state index is 0.115. The summed E-state index contributed by atoms with van der Waals surface area (Å²) in [5, 5.41) is 5.37. The van der Waals surface area contributed by atoms with E-state index in [1.807, 2.05) is 0 Å². The van der Waals surface area contributed by atoms with Gasteiger partial charge in [-0.25, -0.2) is 4.98 Å². The van der Waals surface area contributed by atoms with Crippen LogP contribution in [0.5, 0.6) is 5.75 Å². The van der Waals surface area contributed by atoms with Crippen LogP contribution in [0.25, 0.3) is 0 Å². The molecule has 1 aromatic carbocycles. The van der Waals surface area contributed by atoms with Crippen LogP contribution in [0.15, 0.2) is 46.4 Å². The third-order valence-corrected chi connectivity index (χ3v) is 4.97. The summed E-state index contributed by atoms with van der Waals surface area (Å²) in [5.41, 5.74) is 1.39. The van der Waals surface area contributed by atoms with Gasteiger partial charge in [-0.2, -0.15) is 0 Å². The van der Waals surface area contributed by atoms with E-state index < -0.39 is 0 Å². The van der Waals surface area contributed by atoms with E-state index in [2.05, 4.69) is 10.3 Å². The Hall–Kier alpha value is -2.84. The Balaban J connectivity index is 1.59. The van der Waals surface area contributed by atoms with E-state index in [-0.39, 0.29) is 24.0 Å². The average Bonchev–Trinajstić information content (AvgIpc) is 3.34. The van der Waals surface area contributed by atoms with E-state index in [1.165, 1.54) is 17.6 Å². The van der Waals surface area contributed by atoms with Crippen LogP contribution in [0.4, 0.5) is 5.13 Å². The van der Waals surface area contributed by atoms with Gasteiger partial charge in [-0.05, 0) is 30.3 Å². The molecule has 0 aliphatic rings. The van der Waals surface area contributed by atoms with E-state index in [1.54, 1.807) is 54.8 Å². The predicted molar refractivity (Wildman–Crippen MR) is 107 cm³/mol. The zero-order valence-electron chi connectivity index (χ0n) is 15.3. The van der Waals surface area contributed by atoms with Crippen molar-refractivity contribution in [2.75, 3.05) is 19.5 Å². The number of hydrogen-bond acceptors (Lipinski definition) is 6. The topological polar surface area (TPSA) is 84.7 Å². The largest absolute Gasteiger partial charge is 0.496 e. The van der Waals surface area contributed by atoms with E-state index in [4.69, 9.17) is 20.8 Å². The SMILES string of the molecule is COc1ccc(Cl)cc1CN(C)C(=O)Cc1csc(NC(=O)c2ccco2)n1. The molecule has 7 nitrogen and oxygen atoms in total. The molecule has 0 spiro atoms. The fourth-order valence-electron chi connectivity index (χ4n) is 2.52. The molecule has 28 heavy (non-hydrogen) atoms. The van der Waals surface area contributed by atoms with Gasteiger partial charge in [0.1, 0.15) is 5.75 Å². The molecular formula is C19H18ClN3O4S. The molecule has 2 heterocycles. The zero-order valence-corrected chi connectivity index (χ0v) is 16.8. The molecule has 0 aliphatic heterocycles. The number of anilines is 1. The Kier molecular flexibility index (Phi) is 6.33. The number of hydrogen-bond donors (Lipinski definition) is 1. The monoisotopic (exact) mass is 419 g/mol. The molecule has 9 heteroatoms. The summed E-state index contributed by atoms with van der Waals surface area (Å²) in [7, 11) is 3.27. The van der Waals surface area contributed by atoms with E-state index in [0.29, 0.717) is 28.1 Å². The van der Waals surface area contributed by atoms with Crippen LogP contribution in [-0.2, 0) is 17.8 Å². The van der Waals surface area contributed by atoms with Crippen LogP contribution < -0.4 is 10.1 Å². The first kappa shape index (κ1) is 19.9. The van der Waals surface area contributed by atoms with Crippen LogP contribution in [0.3, 0.4) is 0 Å². The standard InChI is InChI=1S/C19H18ClN3O4S/c1-23(10-12-8-13(20)5-6-15(12)26-2)17(24)9-14-11-28-19(21-14)22-18(25)16-4-3-7-27-16/h3-8,11H,9-10H2,1-2H3,(H,21,22,25). The minimum Gasteiger partial charge on any atom is -0.496 e. The lowest BCUT2D eigenvalue weighted by molar-refractivity contribution is -0.129. The lowest BCUT2D eigenvalue weighted by Crippen LogP contribution is -2.28. The van der Waals surface area contributed by atoms with Crippen molar-refractivity contribution in [3.05, 3.63) is 64.0 Å². The molecule has 0 atom stereocenters. The molecule has 3 rings (SSSR count). The molecule has 3 aromatic rings. The van der Waals surface area contributed by atoms with Gasteiger partial charge in [-0.3, -0.25) is 14.9 Å². The first-order valence-corrected chi connectivity index (χ1v) is 9.57. The Morgan fingerprint density at radius 3 is 2.89 bits per heavy atom. The van der Waals surface area contributed by atoms with Crippen LogP contribution in [-0.4, -0.2) is 35.9 Å². The summed E-state index contributed by atoms with van der Waals surface area (Å²) in [6.07, 6.45) is 1.54. The van der Waals surface area contributed by atoms with Crippen LogP contribution >= 0.6 is 22.9 Å². The molecule has 0 unspecified atom stereocenters. The molecule has 0 aliphatic carbocycles. The normalized spacial score (nSPS) is 10.5. The first-order chi connectivity index (χ1) is 13.5. The molecule has 2 amide bonds. The second kappa shape index (κ2) is 8.90. The van der Waals surface area contributed by atoms with E-state index >= 15 is 0 Å². The van der Waals surface area contributed by atoms with Gasteiger partial charge in [0.2, 0.25) is 5.91 Å². The molecule has 0 fully saturated rings. The van der Waals surface area contributed by atoms with Crippen LogP contribution in [0.2, 0.25) is 5.02 Å². The number of halogens is 1. The van der Waals surface area contributed by atoms with Crippen LogP contribution in [0, 0.1) is 0 Å². The Labute approximate surface area is 170 Å². The fourth-order valence-corrected chi connectivity index (χ4v) is 3.42. The number of thiazole rings is 1. The molecule has 0 radical (unpaired) electrons. The van der Waals surface area contributed by atoms with Gasteiger partial charge in [0, 0.05) is 29.6 Å². The fraction of sp³-hybridized carbons (Fsp3) is 0.211. The third-order valence-electron chi connectivity index (χ3n) is 3.93. The third kappa shape index (κ3) is 4.90. The number of aromatic nitrogens is 1. The number of rotatable bonds is 7. The molecule has 2 aromatic heterocycles. The summed E-state index contributed by atoms with van der Waals surface area (Å²) >= 11 is 7.29. The van der Waals surface area contributed by atoms with Gasteiger partial charge >= 0.3 is 0 Å². The molecule has 146 valence electrons. The molecular weight excluding hydrogens is 402 g/mol. The van der Waals surface area contributed by atoms with Gasteiger partial charge in [0.25, 0.3) is 5.91 Å². The van der Waals surface area contributed by atoms with Gasteiger partial charge in [0.15, 0.2) is 10.9 Å². The quantitative estimate of drug-likeness (QED) is 0.628. The highest BCUT2D eigenvalue weighted by molar-refractivity contribution is 7.14. The predicted octanol–water partition coefficient (Wildman–Crippen LogP) is 3.85. The number of carbonyl (C=O) groups is 2. The average molecular weight is 420 g/mol. The summed E-state index contributed by atoms with van der Waals surface area (Å²) in [6.45, 7) is 0.356. The lowest BCUT2D eigenvalue weighted by atomic mass is 10.2. The van der Waals surface area contributed by atoms with Crippen molar-refractivity contribution in [3.63, 3.8) is 0 Å². The zero-order chi connectivity index (χ0) is 20.1. The number of nitrogens with one attached hydrogen (secondary N) is 1. The maximum Gasteiger partial charge on any atom is 0.293 e. The van der Waals surface area contributed by atoms with Gasteiger partial charge < -0.3 is 14.1 Å². The highest BCUT2D eigenvalue weighted by Crippen LogP contribution is 2.24. The van der Waals surface area contributed by atoms with E-state index in [9.17, 15) is 9.59 Å². The number of ether oxygens (including phenoxy) is 1. The van der Waals surface area contributed by atoms with E-state index in [0.717, 1.165) is 5.56 Å². The van der Waals surface area contributed by atoms with Crippen molar-refractivity contribution in [1.29, 1.82) is 0 Å². The van der Waals surface area contributed by atoms with Crippen molar-refractivity contribution in [2.24, 2.45) is 0 Å². The number of furan rings is 1. The number of nitrogens with zero attached hydrogens (tertiary/aromatic N) is 2. The number of benzene rings is 1. The van der Waals surface area contributed by atoms with Crippen molar-refractivity contribution < 1.29 is 18.7 Å². The van der Waals surface area contributed by atoms with Gasteiger partial charge in [0.05, 0.1) is 25.5 Å². The summed E-state index contributed by atoms with van der Waals surface area (Å²) in [5.74, 6) is 0.363. The van der Waals surface area contributed by atoms with Crippen LogP contribution in [0.1, 0.15) is 21.8 Å². The highest BCUT2D eigenvalue weighted by atomic mass is 35.5. The maximum absolute atomic E-state index is 12.5. The Morgan fingerprint density at radius 1 is 1.36 bits per heavy atom. The molecule has 0 saturated carbocycles. The van der Waals surface area contributed by atoms with Crippen molar-refractivity contribution >= 4 is 39.9 Å². The molecule has 0 bridgehead atoms. The van der Waals surface area contributed by atoms with Gasteiger partial charge in [-0.15, -0.1) is 11.3 Å². The number of methoxy groups -OCH3 is 1. The van der Waals surface area contributed by atoms with Crippen molar-refractivity contribution in [1.82, 2.24) is 9.88 Å². The number of amides is 2. The lowest BCUT2D eigenvalue weighted by Gasteiger charge is -2.18. The molecule has 1 N–H and O–H groups in total. The number of carbonyl (C=O) groups excluding carboxylic acids is 2. The summed E-state index contributed by atoms with van der Waals surface area (Å²) < 4.78 is 10.4. The van der Waals surface area contributed by atoms with Gasteiger partial charge in [-0.1, -0.05) is 11.6 Å². The smallest absolute Gasteiger partial charge is 0.293 e. The molecule has 0 saturated heterocycles. The minimum atomic E-state index is -0.387. The summed E-state index contributed by atoms with van der Waals surface area (Å²) in [4.78, 5) is 30.4.